The van der Waals surface area contributed by atoms with Crippen LogP contribution in [0.5, 0.6) is 5.75 Å². The zero-order chi connectivity index (χ0) is 42.1. The summed E-state index contributed by atoms with van der Waals surface area (Å²) in [7, 11) is -3.70. The molecular formula is C46H54N5O8PS. The van der Waals surface area contributed by atoms with Crippen LogP contribution < -0.4 is 14.9 Å². The van der Waals surface area contributed by atoms with Crippen LogP contribution in [0.4, 0.5) is 0 Å². The monoisotopic (exact) mass is 867 g/mol. The molecular weight excluding hydrogens is 814 g/mol. The van der Waals surface area contributed by atoms with E-state index in [4.69, 9.17) is 14.0 Å². The van der Waals surface area contributed by atoms with Crippen molar-refractivity contribution in [2.75, 3.05) is 32.9 Å². The number of ether oxygens (including phenoxy) is 2. The minimum absolute atomic E-state index is 0.0160. The molecule has 2 unspecified atom stereocenters. The number of rotatable bonds is 14. The van der Waals surface area contributed by atoms with E-state index >= 15 is 0 Å². The fourth-order valence-corrected chi connectivity index (χ4v) is 12.7. The fraction of sp³-hybridized carbons (Fsp3) is 0.500. The lowest BCUT2D eigenvalue weighted by Gasteiger charge is -2.37. The number of esters is 1. The highest BCUT2D eigenvalue weighted by Gasteiger charge is 2.58. The van der Waals surface area contributed by atoms with Gasteiger partial charge in [0.1, 0.15) is 17.8 Å². The summed E-state index contributed by atoms with van der Waals surface area (Å²) in [5, 5.41) is 6.82. The lowest BCUT2D eigenvalue weighted by atomic mass is 9.94. The molecule has 322 valence electrons. The molecule has 4 aliphatic heterocycles. The number of benzene rings is 2. The first-order valence-corrected chi connectivity index (χ1v) is 24.4. The molecule has 2 aromatic heterocycles. The van der Waals surface area contributed by atoms with Crippen molar-refractivity contribution in [1.82, 2.24) is 25.2 Å². The third-order valence-electron chi connectivity index (χ3n) is 13.2. The molecule has 6 atom stereocenters. The van der Waals surface area contributed by atoms with Gasteiger partial charge in [0.25, 0.3) is 5.91 Å². The van der Waals surface area contributed by atoms with Crippen molar-refractivity contribution in [2.24, 2.45) is 11.8 Å². The SMILES string of the molecule is C[C@H](NP(=O)(Cc1ccc2sc(C(=O)NCC3CCCC[C@H]4CC[C@@H](C(=O)N5C[C@@H](c6cccnc6)CC56CC6)N4C3=O)cc2c1)Oc1ccccc1)C(=O)OCC1COC1. The average molecular weight is 868 g/mol. The number of likely N-dealkylation sites (tertiary alicyclic amines) is 1. The van der Waals surface area contributed by atoms with E-state index in [0.29, 0.717) is 48.8 Å². The van der Waals surface area contributed by atoms with Crippen LogP contribution in [-0.4, -0.2) is 95.0 Å². The fourth-order valence-electron chi connectivity index (χ4n) is 9.70. The van der Waals surface area contributed by atoms with E-state index in [1.54, 1.807) is 37.4 Å². The lowest BCUT2D eigenvalue weighted by molar-refractivity contribution is -0.152. The van der Waals surface area contributed by atoms with Gasteiger partial charge in [0.2, 0.25) is 11.8 Å². The van der Waals surface area contributed by atoms with E-state index in [-0.39, 0.29) is 60.5 Å². The first-order chi connectivity index (χ1) is 29.6. The number of para-hydroxylation sites is 1. The van der Waals surface area contributed by atoms with Crippen LogP contribution in [0.15, 0.2) is 79.1 Å². The van der Waals surface area contributed by atoms with Gasteiger partial charge < -0.3 is 29.1 Å². The second-order valence-electron chi connectivity index (χ2n) is 17.6. The molecule has 4 saturated heterocycles. The number of fused-ring (bicyclic) bond motifs is 2. The van der Waals surface area contributed by atoms with Gasteiger partial charge in [-0.2, -0.15) is 0 Å². The Balaban J connectivity index is 0.853. The van der Waals surface area contributed by atoms with Gasteiger partial charge >= 0.3 is 13.5 Å². The minimum atomic E-state index is -3.70. The molecule has 6 heterocycles. The molecule has 4 aromatic rings. The predicted octanol–water partition coefficient (Wildman–Crippen LogP) is 7.06. The Morgan fingerprint density at radius 3 is 2.59 bits per heavy atom. The van der Waals surface area contributed by atoms with Crippen molar-refractivity contribution in [1.29, 1.82) is 0 Å². The van der Waals surface area contributed by atoms with Crippen LogP contribution in [-0.2, 0) is 34.6 Å². The summed E-state index contributed by atoms with van der Waals surface area (Å²) in [6.07, 6.45) is 11.5. The average Bonchev–Trinajstić information content (AvgIpc) is 3.52. The zero-order valence-corrected chi connectivity index (χ0v) is 36.3. The number of nitrogens with one attached hydrogen (secondary N) is 2. The van der Waals surface area contributed by atoms with Crippen molar-refractivity contribution < 1.29 is 37.7 Å². The number of carbonyl (C=O) groups is 4. The largest absolute Gasteiger partial charge is 0.464 e. The maximum Gasteiger partial charge on any atom is 0.323 e. The summed E-state index contributed by atoms with van der Waals surface area (Å²) in [4.78, 5) is 64.3. The van der Waals surface area contributed by atoms with E-state index < -0.39 is 31.5 Å². The number of aromatic nitrogens is 1. The quantitative estimate of drug-likeness (QED) is 0.0994. The van der Waals surface area contributed by atoms with Crippen LogP contribution in [0.3, 0.4) is 0 Å². The summed E-state index contributed by atoms with van der Waals surface area (Å²) in [5.41, 5.74) is 1.76. The van der Waals surface area contributed by atoms with E-state index in [0.717, 1.165) is 55.0 Å². The Morgan fingerprint density at radius 2 is 1.84 bits per heavy atom. The van der Waals surface area contributed by atoms with Crippen LogP contribution in [0.2, 0.25) is 0 Å². The molecule has 3 amide bonds. The maximum absolute atomic E-state index is 14.4. The van der Waals surface area contributed by atoms with Crippen LogP contribution in [0.1, 0.15) is 91.4 Å². The Morgan fingerprint density at radius 1 is 1.02 bits per heavy atom. The summed E-state index contributed by atoms with van der Waals surface area (Å²) < 4.78 is 32.0. The molecule has 1 saturated carbocycles. The summed E-state index contributed by atoms with van der Waals surface area (Å²) >= 11 is 1.35. The standard InChI is InChI=1S/C46H54N5O8PS/c1-30(45(55)58-28-32-26-57-27-32)49-60(56,59-38-11-3-2-4-12-38)29-31-13-16-40-35(20-31)21-41(61-40)42(52)48-24-34-8-5-6-10-37-14-15-39(51(37)43(34)53)44(54)50-25-36(22-46(50)17-18-46)33-9-7-19-47-23-33/h2-4,7,9,11-13,16,19-21,23,30,32,34,36-37,39H,5-6,8,10,14-15,17-18,22,24-29H2,1H3,(H,48,52)(H,49,56)/t30-,34?,36-,37-,39-,60?/m0/s1. The molecule has 0 radical (unpaired) electrons. The number of hydrogen-bond acceptors (Lipinski definition) is 10. The topological polar surface area (TPSA) is 156 Å². The molecule has 13 nitrogen and oxygen atoms in total. The third kappa shape index (κ3) is 9.14. The van der Waals surface area contributed by atoms with Crippen LogP contribution >= 0.6 is 18.9 Å². The molecule has 15 heteroatoms. The Kier molecular flexibility index (Phi) is 12.1. The van der Waals surface area contributed by atoms with Gasteiger partial charge in [-0.1, -0.05) is 43.2 Å². The second-order valence-corrected chi connectivity index (χ2v) is 20.8. The lowest BCUT2D eigenvalue weighted by Crippen LogP contribution is -2.54. The number of amides is 3. The van der Waals surface area contributed by atoms with Gasteiger partial charge in [0.15, 0.2) is 0 Å². The number of hydrogen-bond donors (Lipinski definition) is 2. The summed E-state index contributed by atoms with van der Waals surface area (Å²) in [6, 6.07) is 19.0. The maximum atomic E-state index is 14.4. The molecule has 2 aromatic carbocycles. The van der Waals surface area contributed by atoms with Crippen molar-refractivity contribution >= 4 is 52.6 Å². The van der Waals surface area contributed by atoms with E-state index in [1.807, 2.05) is 47.5 Å². The number of nitrogens with zero attached hydrogens (tertiary/aromatic N) is 3. The number of thiophene rings is 1. The molecule has 1 aliphatic carbocycles. The van der Waals surface area contributed by atoms with E-state index in [2.05, 4.69) is 26.4 Å². The van der Waals surface area contributed by atoms with Gasteiger partial charge in [-0.15, -0.1) is 11.3 Å². The summed E-state index contributed by atoms with van der Waals surface area (Å²) in [6.45, 7) is 3.81. The highest BCUT2D eigenvalue weighted by atomic mass is 32.1. The molecule has 0 bridgehead atoms. The van der Waals surface area contributed by atoms with Crippen molar-refractivity contribution in [2.45, 2.75) is 100 Å². The Labute approximate surface area is 360 Å². The minimum Gasteiger partial charge on any atom is -0.464 e. The van der Waals surface area contributed by atoms with Gasteiger partial charge in [0.05, 0.1) is 36.8 Å². The Hall–Kier alpha value is -4.62. The molecule has 2 N–H and O–H groups in total. The smallest absolute Gasteiger partial charge is 0.323 e. The van der Waals surface area contributed by atoms with Crippen molar-refractivity contribution in [3.05, 3.63) is 95.1 Å². The van der Waals surface area contributed by atoms with Crippen molar-refractivity contribution in [3.8, 4) is 5.75 Å². The van der Waals surface area contributed by atoms with Crippen LogP contribution in [0.25, 0.3) is 10.1 Å². The first-order valence-electron chi connectivity index (χ1n) is 21.8. The van der Waals surface area contributed by atoms with Gasteiger partial charge in [-0.05, 0) is 105 Å². The van der Waals surface area contributed by atoms with Gasteiger partial charge in [-0.25, -0.2) is 5.09 Å². The Bertz CT molecular complexity index is 2300. The highest BCUT2D eigenvalue weighted by Crippen LogP contribution is 2.55. The molecule has 1 spiro atoms. The number of pyridine rings is 1. The molecule has 9 rings (SSSR count). The molecule has 61 heavy (non-hydrogen) atoms. The highest BCUT2D eigenvalue weighted by molar-refractivity contribution is 7.56. The normalized spacial score (nSPS) is 24.9. The first kappa shape index (κ1) is 41.7. The third-order valence-corrected chi connectivity index (χ3v) is 16.4. The number of carbonyl (C=O) groups excluding carboxylic acids is 4. The zero-order valence-electron chi connectivity index (χ0n) is 34.5. The summed E-state index contributed by atoms with van der Waals surface area (Å²) in [5.74, 6) is -0.332. The van der Waals surface area contributed by atoms with E-state index in [1.165, 1.54) is 16.9 Å². The molecule has 5 fully saturated rings. The van der Waals surface area contributed by atoms with E-state index in [9.17, 15) is 23.7 Å². The molecule has 5 aliphatic rings. The van der Waals surface area contributed by atoms with Crippen LogP contribution in [0, 0.1) is 11.8 Å². The second kappa shape index (κ2) is 17.6. The van der Waals surface area contributed by atoms with Gasteiger partial charge in [-0.3, -0.25) is 28.7 Å². The predicted molar refractivity (Wildman–Crippen MR) is 231 cm³/mol. The van der Waals surface area contributed by atoms with Crippen molar-refractivity contribution in [3.63, 3.8) is 0 Å². The van der Waals surface area contributed by atoms with Gasteiger partial charge in [0, 0.05) is 53.6 Å².